The molecule has 4 heteroatoms. The van der Waals surface area contributed by atoms with Crippen LogP contribution < -0.4 is 5.32 Å². The van der Waals surface area contributed by atoms with Gasteiger partial charge in [-0.05, 0) is 20.8 Å². The minimum absolute atomic E-state index is 0.0538. The zero-order chi connectivity index (χ0) is 13.9. The standard InChI is InChI=1S/C14H24N2O2/c1-9(2)15-12(17)8-7-11-10(3)16-13(18-11)14(4,5)6/h9H,7-8H2,1-6H3,(H,15,17). The van der Waals surface area contributed by atoms with Crippen LogP contribution in [0.25, 0.3) is 0 Å². The van der Waals surface area contributed by atoms with Crippen molar-refractivity contribution in [1.82, 2.24) is 10.3 Å². The van der Waals surface area contributed by atoms with E-state index in [1.165, 1.54) is 0 Å². The summed E-state index contributed by atoms with van der Waals surface area (Å²) in [5.41, 5.74) is 0.792. The van der Waals surface area contributed by atoms with Gasteiger partial charge in [0.15, 0.2) is 5.89 Å². The van der Waals surface area contributed by atoms with Crippen LogP contribution in [0.1, 0.15) is 58.4 Å². The van der Waals surface area contributed by atoms with E-state index in [0.29, 0.717) is 12.8 Å². The first-order valence-electron chi connectivity index (χ1n) is 6.46. The molecule has 1 aromatic heterocycles. The Bertz CT molecular complexity index is 414. The molecule has 18 heavy (non-hydrogen) atoms. The molecule has 0 unspecified atom stereocenters. The number of hydrogen-bond acceptors (Lipinski definition) is 3. The maximum absolute atomic E-state index is 11.6. The fourth-order valence-corrected chi connectivity index (χ4v) is 1.60. The molecule has 1 rings (SSSR count). The van der Waals surface area contributed by atoms with Gasteiger partial charge in [-0.15, -0.1) is 0 Å². The Morgan fingerprint density at radius 3 is 2.44 bits per heavy atom. The van der Waals surface area contributed by atoms with Crippen molar-refractivity contribution >= 4 is 5.91 Å². The number of aryl methyl sites for hydroxylation is 2. The summed E-state index contributed by atoms with van der Waals surface area (Å²) in [6.07, 6.45) is 1.05. The van der Waals surface area contributed by atoms with E-state index in [2.05, 4.69) is 31.1 Å². The van der Waals surface area contributed by atoms with Gasteiger partial charge in [0.25, 0.3) is 0 Å². The van der Waals surface area contributed by atoms with E-state index < -0.39 is 0 Å². The third-order valence-electron chi connectivity index (χ3n) is 2.56. The molecule has 0 aliphatic carbocycles. The van der Waals surface area contributed by atoms with Crippen molar-refractivity contribution in [2.75, 3.05) is 0 Å². The minimum atomic E-state index is -0.0940. The molecule has 0 saturated carbocycles. The van der Waals surface area contributed by atoms with E-state index in [1.54, 1.807) is 0 Å². The summed E-state index contributed by atoms with van der Waals surface area (Å²) in [7, 11) is 0. The second-order valence-corrected chi connectivity index (χ2v) is 6.00. The molecule has 102 valence electrons. The molecule has 0 aliphatic rings. The summed E-state index contributed by atoms with van der Waals surface area (Å²) in [6, 6.07) is 0.179. The molecule has 0 spiro atoms. The van der Waals surface area contributed by atoms with Crippen molar-refractivity contribution in [2.24, 2.45) is 0 Å². The van der Waals surface area contributed by atoms with E-state index in [9.17, 15) is 4.79 Å². The van der Waals surface area contributed by atoms with Crippen LogP contribution in [0.5, 0.6) is 0 Å². The van der Waals surface area contributed by atoms with E-state index in [0.717, 1.165) is 17.3 Å². The number of carbonyl (C=O) groups is 1. The van der Waals surface area contributed by atoms with Gasteiger partial charge in [0.1, 0.15) is 5.76 Å². The lowest BCUT2D eigenvalue weighted by Gasteiger charge is -2.12. The van der Waals surface area contributed by atoms with Crippen molar-refractivity contribution in [3.8, 4) is 0 Å². The Labute approximate surface area is 109 Å². The molecule has 0 bridgehead atoms. The summed E-state index contributed by atoms with van der Waals surface area (Å²) < 4.78 is 5.74. The summed E-state index contributed by atoms with van der Waals surface area (Å²) in [6.45, 7) is 12.0. The molecule has 1 amide bonds. The van der Waals surface area contributed by atoms with Crippen LogP contribution in [0.3, 0.4) is 0 Å². The highest BCUT2D eigenvalue weighted by atomic mass is 16.4. The van der Waals surface area contributed by atoms with Gasteiger partial charge in [-0.25, -0.2) is 4.98 Å². The number of nitrogens with zero attached hydrogens (tertiary/aromatic N) is 1. The van der Waals surface area contributed by atoms with Gasteiger partial charge >= 0.3 is 0 Å². The zero-order valence-electron chi connectivity index (χ0n) is 12.3. The summed E-state index contributed by atoms with van der Waals surface area (Å²) >= 11 is 0. The van der Waals surface area contributed by atoms with Gasteiger partial charge in [-0.3, -0.25) is 4.79 Å². The fraction of sp³-hybridized carbons (Fsp3) is 0.714. The molecule has 0 saturated heterocycles. The second-order valence-electron chi connectivity index (χ2n) is 6.00. The van der Waals surface area contributed by atoms with Crippen molar-refractivity contribution < 1.29 is 9.21 Å². The van der Waals surface area contributed by atoms with Crippen LogP contribution in [-0.2, 0) is 16.6 Å². The Balaban J connectivity index is 2.63. The monoisotopic (exact) mass is 252 g/mol. The molecule has 0 radical (unpaired) electrons. The number of nitrogens with one attached hydrogen (secondary N) is 1. The van der Waals surface area contributed by atoms with Gasteiger partial charge in [-0.2, -0.15) is 0 Å². The third-order valence-corrected chi connectivity index (χ3v) is 2.56. The van der Waals surface area contributed by atoms with Crippen LogP contribution in [0, 0.1) is 6.92 Å². The molecule has 1 aromatic rings. The van der Waals surface area contributed by atoms with Crippen molar-refractivity contribution in [3.63, 3.8) is 0 Å². The highest BCUT2D eigenvalue weighted by Crippen LogP contribution is 2.24. The Kier molecular flexibility index (Phi) is 4.54. The molecule has 0 atom stereocenters. The SMILES string of the molecule is Cc1nc(C(C)(C)C)oc1CCC(=O)NC(C)C. The molecule has 0 fully saturated rings. The van der Waals surface area contributed by atoms with Crippen LogP contribution in [-0.4, -0.2) is 16.9 Å². The average Bonchev–Trinajstić information content (AvgIpc) is 2.55. The van der Waals surface area contributed by atoms with Gasteiger partial charge in [-0.1, -0.05) is 20.8 Å². The number of rotatable bonds is 4. The van der Waals surface area contributed by atoms with E-state index >= 15 is 0 Å². The summed E-state index contributed by atoms with van der Waals surface area (Å²) in [5, 5.41) is 2.87. The minimum Gasteiger partial charge on any atom is -0.445 e. The Morgan fingerprint density at radius 1 is 1.39 bits per heavy atom. The number of amides is 1. The van der Waals surface area contributed by atoms with Gasteiger partial charge in [0.05, 0.1) is 5.69 Å². The molecule has 1 heterocycles. The van der Waals surface area contributed by atoms with E-state index in [-0.39, 0.29) is 17.4 Å². The van der Waals surface area contributed by atoms with E-state index in [4.69, 9.17) is 4.42 Å². The van der Waals surface area contributed by atoms with Gasteiger partial charge in [0.2, 0.25) is 5.91 Å². The molecular weight excluding hydrogens is 228 g/mol. The molecule has 4 nitrogen and oxygen atoms in total. The van der Waals surface area contributed by atoms with Crippen LogP contribution in [0.4, 0.5) is 0 Å². The van der Waals surface area contributed by atoms with Crippen molar-refractivity contribution in [3.05, 3.63) is 17.3 Å². The lowest BCUT2D eigenvalue weighted by atomic mass is 9.97. The van der Waals surface area contributed by atoms with Crippen molar-refractivity contribution in [2.45, 2.75) is 65.8 Å². The molecule has 0 aromatic carbocycles. The lowest BCUT2D eigenvalue weighted by molar-refractivity contribution is -0.121. The molecule has 0 aliphatic heterocycles. The first-order chi connectivity index (χ1) is 8.20. The Hall–Kier alpha value is -1.32. The number of hydrogen-bond donors (Lipinski definition) is 1. The summed E-state index contributed by atoms with van der Waals surface area (Å²) in [5.74, 6) is 1.61. The highest BCUT2D eigenvalue weighted by Gasteiger charge is 2.22. The summed E-state index contributed by atoms with van der Waals surface area (Å²) in [4.78, 5) is 16.0. The number of oxazole rings is 1. The zero-order valence-corrected chi connectivity index (χ0v) is 12.3. The quantitative estimate of drug-likeness (QED) is 0.896. The van der Waals surface area contributed by atoms with Crippen LogP contribution >= 0.6 is 0 Å². The predicted octanol–water partition coefficient (Wildman–Crippen LogP) is 2.74. The highest BCUT2D eigenvalue weighted by molar-refractivity contribution is 5.76. The third kappa shape index (κ3) is 4.17. The normalized spacial score (nSPS) is 11.9. The fourth-order valence-electron chi connectivity index (χ4n) is 1.60. The topological polar surface area (TPSA) is 55.1 Å². The number of carbonyl (C=O) groups excluding carboxylic acids is 1. The van der Waals surface area contributed by atoms with Gasteiger partial charge in [0, 0.05) is 24.3 Å². The number of aromatic nitrogens is 1. The first-order valence-corrected chi connectivity index (χ1v) is 6.46. The predicted molar refractivity (Wildman–Crippen MR) is 71.5 cm³/mol. The molecule has 1 N–H and O–H groups in total. The van der Waals surface area contributed by atoms with E-state index in [1.807, 2.05) is 20.8 Å². The average molecular weight is 252 g/mol. The molecular formula is C14H24N2O2. The van der Waals surface area contributed by atoms with Crippen LogP contribution in [0.2, 0.25) is 0 Å². The smallest absolute Gasteiger partial charge is 0.220 e. The van der Waals surface area contributed by atoms with Crippen LogP contribution in [0.15, 0.2) is 4.42 Å². The lowest BCUT2D eigenvalue weighted by Crippen LogP contribution is -2.30. The first kappa shape index (κ1) is 14.7. The maximum atomic E-state index is 11.6. The van der Waals surface area contributed by atoms with Gasteiger partial charge < -0.3 is 9.73 Å². The largest absolute Gasteiger partial charge is 0.445 e. The van der Waals surface area contributed by atoms with Crippen molar-refractivity contribution in [1.29, 1.82) is 0 Å². The second kappa shape index (κ2) is 5.55. The maximum Gasteiger partial charge on any atom is 0.220 e. The Morgan fingerprint density at radius 2 is 2.00 bits per heavy atom.